The van der Waals surface area contributed by atoms with E-state index in [4.69, 9.17) is 4.74 Å². The quantitative estimate of drug-likeness (QED) is 0.673. The molecule has 0 atom stereocenters. The highest BCUT2D eigenvalue weighted by Crippen LogP contribution is 2.24. The SMILES string of the molecule is COc1ccccc1NC(=O)c1cc(I)ccc1I. The van der Waals surface area contributed by atoms with Gasteiger partial charge in [-0.2, -0.15) is 0 Å². The second-order valence-corrected chi connectivity index (χ2v) is 6.19. The van der Waals surface area contributed by atoms with Gasteiger partial charge in [-0.05, 0) is 75.5 Å². The molecule has 0 saturated heterocycles. The maximum absolute atomic E-state index is 12.3. The number of carbonyl (C=O) groups is 1. The fraction of sp³-hybridized carbons (Fsp3) is 0.0714. The second kappa shape index (κ2) is 6.56. The van der Waals surface area contributed by atoms with Gasteiger partial charge in [0.05, 0.1) is 18.4 Å². The van der Waals surface area contributed by atoms with Crippen LogP contribution in [0.1, 0.15) is 10.4 Å². The van der Waals surface area contributed by atoms with E-state index in [0.717, 1.165) is 7.14 Å². The maximum atomic E-state index is 12.3. The van der Waals surface area contributed by atoms with Crippen molar-refractivity contribution in [1.82, 2.24) is 0 Å². The molecule has 2 aromatic rings. The molecular formula is C14H11I2NO2. The molecule has 98 valence electrons. The van der Waals surface area contributed by atoms with Gasteiger partial charge in [0.15, 0.2) is 0 Å². The first-order valence-electron chi connectivity index (χ1n) is 5.51. The van der Waals surface area contributed by atoms with E-state index in [9.17, 15) is 4.79 Å². The van der Waals surface area contributed by atoms with Gasteiger partial charge in [0, 0.05) is 7.14 Å². The molecule has 0 aliphatic rings. The third-order valence-electron chi connectivity index (χ3n) is 2.53. The molecule has 0 aliphatic heterocycles. The first-order chi connectivity index (χ1) is 9.11. The molecule has 0 aliphatic carbocycles. The topological polar surface area (TPSA) is 38.3 Å². The van der Waals surface area contributed by atoms with Crippen molar-refractivity contribution in [1.29, 1.82) is 0 Å². The molecule has 1 amide bonds. The molecule has 0 aromatic heterocycles. The number of hydrogen-bond acceptors (Lipinski definition) is 2. The van der Waals surface area contributed by atoms with Crippen molar-refractivity contribution < 1.29 is 9.53 Å². The summed E-state index contributed by atoms with van der Waals surface area (Å²) in [6.45, 7) is 0. The van der Waals surface area contributed by atoms with E-state index in [-0.39, 0.29) is 5.91 Å². The molecule has 0 heterocycles. The lowest BCUT2D eigenvalue weighted by atomic mass is 10.2. The van der Waals surface area contributed by atoms with E-state index in [1.54, 1.807) is 7.11 Å². The van der Waals surface area contributed by atoms with E-state index >= 15 is 0 Å². The predicted octanol–water partition coefficient (Wildman–Crippen LogP) is 4.16. The highest BCUT2D eigenvalue weighted by molar-refractivity contribution is 14.1. The van der Waals surface area contributed by atoms with Crippen LogP contribution in [0.4, 0.5) is 5.69 Å². The average Bonchev–Trinajstić information content (AvgIpc) is 2.42. The third-order valence-corrected chi connectivity index (χ3v) is 4.14. The number of carbonyl (C=O) groups excluding carboxylic acids is 1. The molecule has 0 fully saturated rings. The summed E-state index contributed by atoms with van der Waals surface area (Å²) in [6.07, 6.45) is 0. The second-order valence-electron chi connectivity index (χ2n) is 3.78. The van der Waals surface area contributed by atoms with Crippen LogP contribution in [-0.2, 0) is 0 Å². The van der Waals surface area contributed by atoms with Crippen molar-refractivity contribution in [2.45, 2.75) is 0 Å². The number of ether oxygens (including phenoxy) is 1. The fourth-order valence-electron chi connectivity index (χ4n) is 1.61. The monoisotopic (exact) mass is 479 g/mol. The van der Waals surface area contributed by atoms with Crippen molar-refractivity contribution >= 4 is 56.8 Å². The lowest BCUT2D eigenvalue weighted by Crippen LogP contribution is -2.14. The van der Waals surface area contributed by atoms with Gasteiger partial charge in [-0.15, -0.1) is 0 Å². The van der Waals surface area contributed by atoms with E-state index in [0.29, 0.717) is 17.0 Å². The average molecular weight is 479 g/mol. The van der Waals surface area contributed by atoms with Crippen molar-refractivity contribution in [3.63, 3.8) is 0 Å². The maximum Gasteiger partial charge on any atom is 0.256 e. The van der Waals surface area contributed by atoms with Crippen molar-refractivity contribution in [2.75, 3.05) is 12.4 Å². The van der Waals surface area contributed by atoms with Crippen LogP contribution in [0, 0.1) is 7.14 Å². The summed E-state index contributed by atoms with van der Waals surface area (Å²) in [5, 5.41) is 2.87. The van der Waals surface area contributed by atoms with Crippen molar-refractivity contribution in [3.8, 4) is 5.75 Å². The van der Waals surface area contributed by atoms with Crippen LogP contribution in [0.3, 0.4) is 0 Å². The molecule has 0 spiro atoms. The predicted molar refractivity (Wildman–Crippen MR) is 92.8 cm³/mol. The normalized spacial score (nSPS) is 10.1. The minimum atomic E-state index is -0.132. The van der Waals surface area contributed by atoms with Gasteiger partial charge in [-0.3, -0.25) is 4.79 Å². The summed E-state index contributed by atoms with van der Waals surface area (Å²) in [4.78, 5) is 12.3. The first-order valence-corrected chi connectivity index (χ1v) is 7.67. The summed E-state index contributed by atoms with van der Waals surface area (Å²) < 4.78 is 7.17. The number of methoxy groups -OCH3 is 1. The van der Waals surface area contributed by atoms with Crippen LogP contribution < -0.4 is 10.1 Å². The Balaban J connectivity index is 2.28. The molecule has 0 radical (unpaired) electrons. The van der Waals surface area contributed by atoms with Crippen LogP contribution in [0.25, 0.3) is 0 Å². The van der Waals surface area contributed by atoms with Crippen LogP contribution in [0.15, 0.2) is 42.5 Å². The van der Waals surface area contributed by atoms with Crippen LogP contribution in [0.2, 0.25) is 0 Å². The molecule has 2 aromatic carbocycles. The molecule has 5 heteroatoms. The summed E-state index contributed by atoms with van der Waals surface area (Å²) in [7, 11) is 1.58. The van der Waals surface area contributed by atoms with Gasteiger partial charge in [0.25, 0.3) is 5.91 Å². The Labute approximate surface area is 139 Å². The number of amides is 1. The number of benzene rings is 2. The van der Waals surface area contributed by atoms with Gasteiger partial charge in [-0.25, -0.2) is 0 Å². The van der Waals surface area contributed by atoms with Crippen LogP contribution in [0.5, 0.6) is 5.75 Å². The zero-order chi connectivity index (χ0) is 13.8. The zero-order valence-corrected chi connectivity index (χ0v) is 14.4. The molecule has 0 bridgehead atoms. The first kappa shape index (κ1) is 14.6. The minimum absolute atomic E-state index is 0.132. The van der Waals surface area contributed by atoms with Gasteiger partial charge in [-0.1, -0.05) is 12.1 Å². The summed E-state index contributed by atoms with van der Waals surface area (Å²) in [5.74, 6) is 0.518. The van der Waals surface area contributed by atoms with Crippen molar-refractivity contribution in [2.24, 2.45) is 0 Å². The van der Waals surface area contributed by atoms with Gasteiger partial charge < -0.3 is 10.1 Å². The van der Waals surface area contributed by atoms with Crippen LogP contribution in [-0.4, -0.2) is 13.0 Å². The van der Waals surface area contributed by atoms with E-state index in [2.05, 4.69) is 50.5 Å². The Bertz CT molecular complexity index is 614. The zero-order valence-electron chi connectivity index (χ0n) is 10.1. The van der Waals surface area contributed by atoms with Gasteiger partial charge in [0.2, 0.25) is 0 Å². The highest BCUT2D eigenvalue weighted by atomic mass is 127. The standard InChI is InChI=1S/C14H11I2NO2/c1-19-13-5-3-2-4-12(13)17-14(18)10-8-9(15)6-7-11(10)16/h2-8H,1H3,(H,17,18). The van der Waals surface area contributed by atoms with Gasteiger partial charge >= 0.3 is 0 Å². The molecule has 0 unspecified atom stereocenters. The number of nitrogens with one attached hydrogen (secondary N) is 1. The van der Waals surface area contributed by atoms with Crippen LogP contribution >= 0.6 is 45.2 Å². The Morgan fingerprint density at radius 2 is 1.89 bits per heavy atom. The lowest BCUT2D eigenvalue weighted by Gasteiger charge is -2.10. The van der Waals surface area contributed by atoms with Gasteiger partial charge in [0.1, 0.15) is 5.75 Å². The molecule has 0 saturated carbocycles. The molecular weight excluding hydrogens is 468 g/mol. The smallest absolute Gasteiger partial charge is 0.256 e. The largest absolute Gasteiger partial charge is 0.495 e. The molecule has 1 N–H and O–H groups in total. The highest BCUT2D eigenvalue weighted by Gasteiger charge is 2.12. The van der Waals surface area contributed by atoms with E-state index in [1.807, 2.05) is 42.5 Å². The number of para-hydroxylation sites is 2. The summed E-state index contributed by atoms with van der Waals surface area (Å²) in [5.41, 5.74) is 1.34. The van der Waals surface area contributed by atoms with E-state index < -0.39 is 0 Å². The number of anilines is 1. The number of rotatable bonds is 3. The number of hydrogen-bond donors (Lipinski definition) is 1. The van der Waals surface area contributed by atoms with Crippen molar-refractivity contribution in [3.05, 3.63) is 55.2 Å². The fourth-order valence-corrected chi connectivity index (χ4v) is 2.68. The lowest BCUT2D eigenvalue weighted by molar-refractivity contribution is 0.102. The molecule has 19 heavy (non-hydrogen) atoms. The number of halogens is 2. The van der Waals surface area contributed by atoms with E-state index in [1.165, 1.54) is 0 Å². The molecule has 3 nitrogen and oxygen atoms in total. The summed E-state index contributed by atoms with van der Waals surface area (Å²) in [6, 6.07) is 13.1. The summed E-state index contributed by atoms with van der Waals surface area (Å²) >= 11 is 4.35. The third kappa shape index (κ3) is 3.59. The molecule has 2 rings (SSSR count). The Hall–Kier alpha value is -0.830. The minimum Gasteiger partial charge on any atom is -0.495 e. The Morgan fingerprint density at radius 3 is 2.63 bits per heavy atom. The Kier molecular flexibility index (Phi) is 5.03. The Morgan fingerprint density at radius 1 is 1.16 bits per heavy atom.